The maximum Gasteiger partial charge on any atom is 0.142 e. The molecule has 0 aliphatic carbocycles. The summed E-state index contributed by atoms with van der Waals surface area (Å²) >= 11 is 0. The van der Waals surface area contributed by atoms with Crippen LogP contribution >= 0.6 is 0 Å². The summed E-state index contributed by atoms with van der Waals surface area (Å²) in [5.41, 5.74) is 2.46. The van der Waals surface area contributed by atoms with Gasteiger partial charge in [0.15, 0.2) is 0 Å². The van der Waals surface area contributed by atoms with Gasteiger partial charge in [0.2, 0.25) is 0 Å². The molecule has 0 fully saturated rings. The van der Waals surface area contributed by atoms with Crippen molar-refractivity contribution in [1.82, 2.24) is 0 Å². The lowest BCUT2D eigenvalue weighted by Gasteiger charge is -2.29. The van der Waals surface area contributed by atoms with Gasteiger partial charge in [-0.1, -0.05) is 6.07 Å². The summed E-state index contributed by atoms with van der Waals surface area (Å²) in [6.07, 6.45) is 0. The van der Waals surface area contributed by atoms with E-state index in [4.69, 9.17) is 4.74 Å². The summed E-state index contributed by atoms with van der Waals surface area (Å²) in [5, 5.41) is 0. The normalized spacial score (nSPS) is 10.5. The van der Waals surface area contributed by atoms with E-state index in [0.29, 0.717) is 6.04 Å². The van der Waals surface area contributed by atoms with Gasteiger partial charge in [0.25, 0.3) is 0 Å². The van der Waals surface area contributed by atoms with Crippen LogP contribution in [0.15, 0.2) is 18.2 Å². The predicted molar refractivity (Wildman–Crippen MR) is 65.9 cm³/mol. The van der Waals surface area contributed by atoms with Crippen LogP contribution in [0.3, 0.4) is 0 Å². The molecule has 0 saturated carbocycles. The topological polar surface area (TPSA) is 12.5 Å². The lowest BCUT2D eigenvalue weighted by Crippen LogP contribution is -2.30. The van der Waals surface area contributed by atoms with Crippen molar-refractivity contribution in [2.45, 2.75) is 33.7 Å². The molecule has 0 N–H and O–H groups in total. The zero-order valence-corrected chi connectivity index (χ0v) is 10.4. The number of aryl methyl sites for hydroxylation is 1. The Morgan fingerprint density at radius 1 is 1.33 bits per heavy atom. The number of anilines is 1. The number of nitrogens with zero attached hydrogens (tertiary/aromatic N) is 1. The molecular formula is C13H21NO. The Morgan fingerprint density at radius 3 is 2.47 bits per heavy atom. The van der Waals surface area contributed by atoms with Gasteiger partial charge in [-0.05, 0) is 45.4 Å². The van der Waals surface area contributed by atoms with Gasteiger partial charge < -0.3 is 9.64 Å². The highest BCUT2D eigenvalue weighted by Crippen LogP contribution is 2.30. The average Bonchev–Trinajstić information content (AvgIpc) is 2.18. The maximum atomic E-state index is 5.39. The van der Waals surface area contributed by atoms with Crippen LogP contribution in [0.2, 0.25) is 0 Å². The molecule has 0 unspecified atom stereocenters. The molecule has 2 heteroatoms. The largest absolute Gasteiger partial charge is 0.495 e. The Hall–Kier alpha value is -1.18. The zero-order valence-electron chi connectivity index (χ0n) is 10.4. The van der Waals surface area contributed by atoms with Crippen LogP contribution in [0.1, 0.15) is 26.3 Å². The SMILES string of the molecule is CCN(c1cc(C)ccc1OC)C(C)C. The van der Waals surface area contributed by atoms with Gasteiger partial charge in [-0.2, -0.15) is 0 Å². The van der Waals surface area contributed by atoms with Crippen LogP contribution in [-0.2, 0) is 0 Å². The van der Waals surface area contributed by atoms with Crippen LogP contribution in [0.4, 0.5) is 5.69 Å². The van der Waals surface area contributed by atoms with Crippen LogP contribution in [0, 0.1) is 6.92 Å². The molecule has 0 aliphatic heterocycles. The molecule has 0 atom stereocenters. The van der Waals surface area contributed by atoms with E-state index in [0.717, 1.165) is 12.3 Å². The molecule has 1 aromatic carbocycles. The maximum absolute atomic E-state index is 5.39. The lowest BCUT2D eigenvalue weighted by atomic mass is 10.1. The smallest absolute Gasteiger partial charge is 0.142 e. The van der Waals surface area contributed by atoms with E-state index in [1.807, 2.05) is 6.07 Å². The molecule has 0 saturated heterocycles. The fourth-order valence-corrected chi connectivity index (χ4v) is 1.84. The molecular weight excluding hydrogens is 186 g/mol. The number of rotatable bonds is 4. The minimum absolute atomic E-state index is 0.491. The van der Waals surface area contributed by atoms with Gasteiger partial charge in [0.05, 0.1) is 12.8 Å². The predicted octanol–water partition coefficient (Wildman–Crippen LogP) is 3.24. The molecule has 1 aromatic rings. The van der Waals surface area contributed by atoms with Crippen LogP contribution < -0.4 is 9.64 Å². The second-order valence-corrected chi connectivity index (χ2v) is 4.06. The van der Waals surface area contributed by atoms with Crippen molar-refractivity contribution in [3.63, 3.8) is 0 Å². The van der Waals surface area contributed by atoms with Gasteiger partial charge in [-0.15, -0.1) is 0 Å². The first-order valence-corrected chi connectivity index (χ1v) is 5.51. The van der Waals surface area contributed by atoms with Crippen molar-refractivity contribution in [2.75, 3.05) is 18.6 Å². The molecule has 0 radical (unpaired) electrons. The Bertz CT molecular complexity index is 320. The van der Waals surface area contributed by atoms with Crippen molar-refractivity contribution < 1.29 is 4.74 Å². The molecule has 1 rings (SSSR count). The summed E-state index contributed by atoms with van der Waals surface area (Å²) < 4.78 is 5.39. The zero-order chi connectivity index (χ0) is 11.4. The Labute approximate surface area is 92.9 Å². The van der Waals surface area contributed by atoms with Crippen LogP contribution in [0.5, 0.6) is 5.75 Å². The highest BCUT2D eigenvalue weighted by Gasteiger charge is 2.13. The molecule has 0 heterocycles. The fraction of sp³-hybridized carbons (Fsp3) is 0.538. The van der Waals surface area contributed by atoms with Crippen molar-refractivity contribution in [3.05, 3.63) is 23.8 Å². The number of hydrogen-bond acceptors (Lipinski definition) is 2. The van der Waals surface area contributed by atoms with Crippen molar-refractivity contribution >= 4 is 5.69 Å². The fourth-order valence-electron chi connectivity index (χ4n) is 1.84. The first-order chi connectivity index (χ1) is 7.10. The Kier molecular flexibility index (Phi) is 4.01. The van der Waals surface area contributed by atoms with Gasteiger partial charge in [-0.25, -0.2) is 0 Å². The summed E-state index contributed by atoms with van der Waals surface area (Å²) in [5.74, 6) is 0.955. The number of hydrogen-bond donors (Lipinski definition) is 0. The van der Waals surface area contributed by atoms with E-state index in [2.05, 4.69) is 44.7 Å². The lowest BCUT2D eigenvalue weighted by molar-refractivity contribution is 0.413. The molecule has 0 spiro atoms. The van der Waals surface area contributed by atoms with Crippen molar-refractivity contribution in [2.24, 2.45) is 0 Å². The first-order valence-electron chi connectivity index (χ1n) is 5.51. The number of benzene rings is 1. The van der Waals surface area contributed by atoms with E-state index in [1.165, 1.54) is 11.3 Å². The average molecular weight is 207 g/mol. The van der Waals surface area contributed by atoms with Crippen LogP contribution in [0.25, 0.3) is 0 Å². The summed E-state index contributed by atoms with van der Waals surface area (Å²) in [6.45, 7) is 9.67. The third-order valence-corrected chi connectivity index (χ3v) is 2.61. The highest BCUT2D eigenvalue weighted by atomic mass is 16.5. The first kappa shape index (κ1) is 11.9. The molecule has 15 heavy (non-hydrogen) atoms. The molecule has 0 amide bonds. The second kappa shape index (κ2) is 5.06. The third-order valence-electron chi connectivity index (χ3n) is 2.61. The van der Waals surface area contributed by atoms with Gasteiger partial charge in [-0.3, -0.25) is 0 Å². The highest BCUT2D eigenvalue weighted by molar-refractivity contribution is 5.60. The summed E-state index contributed by atoms with van der Waals surface area (Å²) in [7, 11) is 1.72. The minimum Gasteiger partial charge on any atom is -0.495 e. The third kappa shape index (κ3) is 2.65. The van der Waals surface area contributed by atoms with E-state index in [-0.39, 0.29) is 0 Å². The van der Waals surface area contributed by atoms with E-state index < -0.39 is 0 Å². The monoisotopic (exact) mass is 207 g/mol. The molecule has 0 bridgehead atoms. The van der Waals surface area contributed by atoms with Gasteiger partial charge >= 0.3 is 0 Å². The quantitative estimate of drug-likeness (QED) is 0.751. The van der Waals surface area contributed by atoms with Crippen molar-refractivity contribution in [3.8, 4) is 5.75 Å². The number of methoxy groups -OCH3 is 1. The second-order valence-electron chi connectivity index (χ2n) is 4.06. The molecule has 0 aromatic heterocycles. The number of ether oxygens (including phenoxy) is 1. The molecule has 84 valence electrons. The Balaban J connectivity index is 3.13. The molecule has 0 aliphatic rings. The minimum atomic E-state index is 0.491. The molecule has 2 nitrogen and oxygen atoms in total. The standard InChI is InChI=1S/C13H21NO/c1-6-14(10(2)3)12-9-11(4)7-8-13(12)15-5/h7-10H,6H2,1-5H3. The summed E-state index contributed by atoms with van der Waals surface area (Å²) in [4.78, 5) is 2.34. The van der Waals surface area contributed by atoms with E-state index in [9.17, 15) is 0 Å². The van der Waals surface area contributed by atoms with E-state index in [1.54, 1.807) is 7.11 Å². The van der Waals surface area contributed by atoms with Crippen LogP contribution in [-0.4, -0.2) is 19.7 Å². The Morgan fingerprint density at radius 2 is 2.00 bits per heavy atom. The van der Waals surface area contributed by atoms with Crippen molar-refractivity contribution in [1.29, 1.82) is 0 Å². The van der Waals surface area contributed by atoms with Gasteiger partial charge in [0, 0.05) is 12.6 Å². The van der Waals surface area contributed by atoms with E-state index >= 15 is 0 Å². The van der Waals surface area contributed by atoms with Gasteiger partial charge in [0.1, 0.15) is 5.75 Å². The summed E-state index contributed by atoms with van der Waals surface area (Å²) in [6, 6.07) is 6.79.